The number of esters is 1. The average molecular weight is 533 g/mol. The van der Waals surface area contributed by atoms with E-state index in [4.69, 9.17) is 14.5 Å². The summed E-state index contributed by atoms with van der Waals surface area (Å²) in [5.41, 5.74) is 2.35. The molecular weight excluding hydrogens is 508 g/mol. The molecule has 0 aliphatic carbocycles. The number of methoxy groups -OCH3 is 2. The van der Waals surface area contributed by atoms with Gasteiger partial charge in [0.1, 0.15) is 11.5 Å². The summed E-state index contributed by atoms with van der Waals surface area (Å²) < 4.78 is 15.1. The molecule has 1 fully saturated rings. The Morgan fingerprint density at radius 2 is 1.61 bits per heavy atom. The van der Waals surface area contributed by atoms with Crippen molar-refractivity contribution in [2.75, 3.05) is 20.8 Å². The number of benzene rings is 3. The quantitative estimate of drug-likeness (QED) is 0.310. The number of carbonyl (C=O) groups excluding carboxylic acids is 2. The van der Waals surface area contributed by atoms with Crippen LogP contribution in [0.3, 0.4) is 0 Å². The molecule has 1 amide bonds. The van der Waals surface area contributed by atoms with E-state index < -0.39 is 11.9 Å². The average Bonchev–Trinajstić information content (AvgIpc) is 3.21. The molecule has 4 rings (SSSR count). The first kappa shape index (κ1) is 26.5. The van der Waals surface area contributed by atoms with Crippen molar-refractivity contribution in [1.29, 1.82) is 0 Å². The molecular formula is C28H24N2O7S. The van der Waals surface area contributed by atoms with Gasteiger partial charge in [-0.25, -0.2) is 14.6 Å². The van der Waals surface area contributed by atoms with E-state index in [0.29, 0.717) is 27.3 Å². The first-order chi connectivity index (χ1) is 18.4. The van der Waals surface area contributed by atoms with Crippen molar-refractivity contribution in [2.24, 2.45) is 4.99 Å². The van der Waals surface area contributed by atoms with Crippen LogP contribution in [0.1, 0.15) is 21.5 Å². The molecule has 0 saturated carbocycles. The third-order valence-corrected chi connectivity index (χ3v) is 6.50. The predicted molar refractivity (Wildman–Crippen MR) is 144 cm³/mol. The van der Waals surface area contributed by atoms with Gasteiger partial charge in [0.2, 0.25) is 0 Å². The topological polar surface area (TPSA) is 115 Å². The Morgan fingerprint density at radius 1 is 0.947 bits per heavy atom. The van der Waals surface area contributed by atoms with Crippen LogP contribution in [0.25, 0.3) is 6.08 Å². The highest BCUT2D eigenvalue weighted by Gasteiger charge is 2.33. The highest BCUT2D eigenvalue weighted by Crippen LogP contribution is 2.35. The van der Waals surface area contributed by atoms with E-state index in [9.17, 15) is 19.5 Å². The SMILES string of the molecule is COC(=O)COc1ccc(/C=C2\SC(=Nc3ccc(OC)cc3)N(Cc3ccc(C(=O)O)cc3)C2=O)cc1. The van der Waals surface area contributed by atoms with Gasteiger partial charge in [-0.05, 0) is 77.5 Å². The maximum atomic E-state index is 13.4. The Balaban J connectivity index is 1.59. The molecule has 1 aliphatic heterocycles. The smallest absolute Gasteiger partial charge is 0.343 e. The lowest BCUT2D eigenvalue weighted by molar-refractivity contribution is -0.142. The maximum absolute atomic E-state index is 13.4. The van der Waals surface area contributed by atoms with Crippen LogP contribution in [0, 0.1) is 0 Å². The summed E-state index contributed by atoms with van der Waals surface area (Å²) in [4.78, 5) is 42.6. The zero-order valence-corrected chi connectivity index (χ0v) is 21.4. The van der Waals surface area contributed by atoms with E-state index in [1.54, 1.807) is 78.7 Å². The van der Waals surface area contributed by atoms with Crippen LogP contribution in [0.15, 0.2) is 82.7 Å². The molecule has 1 aliphatic rings. The molecule has 0 bridgehead atoms. The van der Waals surface area contributed by atoms with Gasteiger partial charge in [-0.3, -0.25) is 9.69 Å². The fraction of sp³-hybridized carbons (Fsp3) is 0.143. The van der Waals surface area contributed by atoms with Crippen LogP contribution in [0.2, 0.25) is 0 Å². The van der Waals surface area contributed by atoms with Gasteiger partial charge in [0.25, 0.3) is 5.91 Å². The summed E-state index contributed by atoms with van der Waals surface area (Å²) in [7, 11) is 2.87. The van der Waals surface area contributed by atoms with Gasteiger partial charge in [0.15, 0.2) is 11.8 Å². The normalized spacial score (nSPS) is 15.1. The maximum Gasteiger partial charge on any atom is 0.343 e. The third-order valence-electron chi connectivity index (χ3n) is 5.49. The molecule has 3 aromatic carbocycles. The van der Waals surface area contributed by atoms with E-state index in [0.717, 1.165) is 11.1 Å². The molecule has 9 nitrogen and oxygen atoms in total. The second-order valence-corrected chi connectivity index (χ2v) is 9.04. The van der Waals surface area contributed by atoms with Crippen molar-refractivity contribution < 1.29 is 33.7 Å². The van der Waals surface area contributed by atoms with E-state index in [1.165, 1.54) is 31.0 Å². The van der Waals surface area contributed by atoms with Gasteiger partial charge in [-0.15, -0.1) is 0 Å². The Hall–Kier alpha value is -4.57. The summed E-state index contributed by atoms with van der Waals surface area (Å²) in [6, 6.07) is 20.5. The number of hydrogen-bond donors (Lipinski definition) is 1. The van der Waals surface area contributed by atoms with Crippen LogP contribution in [0.5, 0.6) is 11.5 Å². The minimum absolute atomic E-state index is 0.169. The Labute approximate surface area is 223 Å². The molecule has 0 unspecified atom stereocenters. The second-order valence-electron chi connectivity index (χ2n) is 8.03. The lowest BCUT2D eigenvalue weighted by Crippen LogP contribution is -2.28. The molecule has 1 saturated heterocycles. The zero-order valence-electron chi connectivity index (χ0n) is 20.6. The molecule has 0 spiro atoms. The number of ether oxygens (including phenoxy) is 3. The zero-order chi connectivity index (χ0) is 27.1. The van der Waals surface area contributed by atoms with Crippen LogP contribution in [-0.4, -0.2) is 53.8 Å². The van der Waals surface area contributed by atoms with Crippen LogP contribution < -0.4 is 9.47 Å². The summed E-state index contributed by atoms with van der Waals surface area (Å²) in [6.07, 6.45) is 1.76. The van der Waals surface area contributed by atoms with Crippen molar-refractivity contribution in [3.05, 3.63) is 94.4 Å². The largest absolute Gasteiger partial charge is 0.497 e. The van der Waals surface area contributed by atoms with Crippen LogP contribution in [-0.2, 0) is 20.9 Å². The highest BCUT2D eigenvalue weighted by molar-refractivity contribution is 8.18. The van der Waals surface area contributed by atoms with Crippen molar-refractivity contribution in [3.8, 4) is 11.5 Å². The molecule has 10 heteroatoms. The Bertz CT molecular complexity index is 1380. The van der Waals surface area contributed by atoms with E-state index >= 15 is 0 Å². The van der Waals surface area contributed by atoms with Crippen molar-refractivity contribution in [3.63, 3.8) is 0 Å². The molecule has 0 radical (unpaired) electrons. The first-order valence-electron chi connectivity index (χ1n) is 11.4. The number of carbonyl (C=O) groups is 3. The van der Waals surface area contributed by atoms with Gasteiger partial charge < -0.3 is 19.3 Å². The van der Waals surface area contributed by atoms with Gasteiger partial charge in [-0.2, -0.15) is 0 Å². The third kappa shape index (κ3) is 6.60. The monoisotopic (exact) mass is 532 g/mol. The minimum Gasteiger partial charge on any atom is -0.497 e. The van der Waals surface area contributed by atoms with Gasteiger partial charge in [0, 0.05) is 0 Å². The first-order valence-corrected chi connectivity index (χ1v) is 12.2. The number of amidine groups is 1. The van der Waals surface area contributed by atoms with Crippen molar-refractivity contribution >= 4 is 46.5 Å². The predicted octanol–water partition coefficient (Wildman–Crippen LogP) is 4.75. The fourth-order valence-corrected chi connectivity index (χ4v) is 4.44. The van der Waals surface area contributed by atoms with Gasteiger partial charge in [0.05, 0.1) is 36.9 Å². The number of hydrogen-bond acceptors (Lipinski definition) is 8. The van der Waals surface area contributed by atoms with Crippen molar-refractivity contribution in [1.82, 2.24) is 4.90 Å². The lowest BCUT2D eigenvalue weighted by Gasteiger charge is -2.16. The summed E-state index contributed by atoms with van der Waals surface area (Å²) in [6.45, 7) is 0.0250. The van der Waals surface area contributed by atoms with Crippen molar-refractivity contribution in [2.45, 2.75) is 6.54 Å². The number of aromatic carboxylic acids is 1. The van der Waals surface area contributed by atoms with E-state index in [-0.39, 0.29) is 24.6 Å². The molecule has 0 atom stereocenters. The van der Waals surface area contributed by atoms with Gasteiger partial charge >= 0.3 is 11.9 Å². The summed E-state index contributed by atoms with van der Waals surface area (Å²) in [5.74, 6) is -0.533. The number of thioether (sulfide) groups is 1. The number of aliphatic imine (C=N–C) groups is 1. The van der Waals surface area contributed by atoms with E-state index in [1.807, 2.05) is 0 Å². The number of carboxylic acid groups (broad SMARTS) is 1. The lowest BCUT2D eigenvalue weighted by atomic mass is 10.1. The molecule has 0 aromatic heterocycles. The fourth-order valence-electron chi connectivity index (χ4n) is 3.45. The molecule has 1 heterocycles. The molecule has 38 heavy (non-hydrogen) atoms. The van der Waals surface area contributed by atoms with Crippen LogP contribution >= 0.6 is 11.8 Å². The minimum atomic E-state index is -1.02. The number of amides is 1. The Kier molecular flexibility index (Phi) is 8.44. The molecule has 3 aromatic rings. The van der Waals surface area contributed by atoms with Gasteiger partial charge in [-0.1, -0.05) is 24.3 Å². The number of nitrogens with zero attached hydrogens (tertiary/aromatic N) is 2. The summed E-state index contributed by atoms with van der Waals surface area (Å²) in [5, 5.41) is 9.66. The standard InChI is InChI=1S/C28H24N2O7S/c1-35-22-13-9-21(10-14-22)29-28-30(16-19-3-7-20(8-4-19)27(33)34)26(32)24(38-28)15-18-5-11-23(12-6-18)37-17-25(31)36-2/h3-15H,16-17H2,1-2H3,(H,33,34)/b24-15-,29-28?. The van der Waals surface area contributed by atoms with Crippen LogP contribution in [0.4, 0.5) is 5.69 Å². The highest BCUT2D eigenvalue weighted by atomic mass is 32.2. The second kappa shape index (κ2) is 12.1. The molecule has 194 valence electrons. The summed E-state index contributed by atoms with van der Waals surface area (Å²) >= 11 is 1.24. The Morgan fingerprint density at radius 3 is 2.21 bits per heavy atom. The molecule has 1 N–H and O–H groups in total. The number of carboxylic acids is 1. The number of rotatable bonds is 9. The van der Waals surface area contributed by atoms with E-state index in [2.05, 4.69) is 4.74 Å².